The lowest BCUT2D eigenvalue weighted by atomic mass is 9.86. The first-order chi connectivity index (χ1) is 8.56. The number of phenolic OH excluding ortho intramolecular Hbond substituents is 1. The highest BCUT2D eigenvalue weighted by molar-refractivity contribution is 5.53. The molecule has 2 unspecified atom stereocenters. The Balaban J connectivity index is 1.97. The van der Waals surface area contributed by atoms with Gasteiger partial charge in [-0.3, -0.25) is 4.90 Å². The van der Waals surface area contributed by atoms with Crippen LogP contribution in [0.4, 0.5) is 5.69 Å². The maximum Gasteiger partial charge on any atom is 0.138 e. The molecule has 0 aromatic heterocycles. The fourth-order valence-electron chi connectivity index (χ4n) is 2.92. The molecule has 3 heteroatoms. The van der Waals surface area contributed by atoms with Crippen LogP contribution in [0, 0.1) is 5.92 Å². The molecule has 2 atom stereocenters. The van der Waals surface area contributed by atoms with Crippen LogP contribution in [0.2, 0.25) is 0 Å². The van der Waals surface area contributed by atoms with Crippen LogP contribution >= 0.6 is 0 Å². The van der Waals surface area contributed by atoms with E-state index in [0.717, 1.165) is 12.5 Å². The Morgan fingerprint density at radius 1 is 1.39 bits per heavy atom. The molecule has 0 radical (unpaired) electrons. The van der Waals surface area contributed by atoms with E-state index in [4.69, 9.17) is 5.73 Å². The van der Waals surface area contributed by atoms with Gasteiger partial charge in [0.1, 0.15) is 5.75 Å². The van der Waals surface area contributed by atoms with Crippen molar-refractivity contribution in [1.29, 1.82) is 0 Å². The standard InChI is InChI=1S/C15H24N2O/c1-11-4-3-5-13(8-11)17(2)10-12-6-7-15(18)14(16)9-12/h6-7,9,11,13,18H,3-5,8,10,16H2,1-2H3. The maximum absolute atomic E-state index is 9.42. The molecule has 1 fully saturated rings. The molecule has 18 heavy (non-hydrogen) atoms. The third-order valence-corrected chi connectivity index (χ3v) is 4.06. The Morgan fingerprint density at radius 2 is 2.17 bits per heavy atom. The van der Waals surface area contributed by atoms with Crippen molar-refractivity contribution in [2.24, 2.45) is 5.92 Å². The van der Waals surface area contributed by atoms with Crippen molar-refractivity contribution in [2.45, 2.75) is 45.2 Å². The van der Waals surface area contributed by atoms with Crippen LogP contribution < -0.4 is 5.73 Å². The Kier molecular flexibility index (Phi) is 4.12. The van der Waals surface area contributed by atoms with Crippen LogP contribution in [-0.4, -0.2) is 23.1 Å². The van der Waals surface area contributed by atoms with Gasteiger partial charge in [-0.2, -0.15) is 0 Å². The highest BCUT2D eigenvalue weighted by Crippen LogP contribution is 2.28. The van der Waals surface area contributed by atoms with Crippen LogP contribution in [-0.2, 0) is 6.54 Å². The minimum absolute atomic E-state index is 0.174. The largest absolute Gasteiger partial charge is 0.506 e. The first kappa shape index (κ1) is 13.2. The molecule has 2 rings (SSSR count). The SMILES string of the molecule is CC1CCCC(N(C)Cc2ccc(O)c(N)c2)C1. The van der Waals surface area contributed by atoms with E-state index in [1.54, 1.807) is 6.07 Å². The Bertz CT molecular complexity index is 405. The summed E-state index contributed by atoms with van der Waals surface area (Å²) in [6.45, 7) is 3.25. The zero-order valence-electron chi connectivity index (χ0n) is 11.4. The average molecular weight is 248 g/mol. The molecule has 0 aliphatic heterocycles. The molecule has 100 valence electrons. The van der Waals surface area contributed by atoms with Gasteiger partial charge in [-0.1, -0.05) is 25.8 Å². The summed E-state index contributed by atoms with van der Waals surface area (Å²) >= 11 is 0. The molecule has 0 amide bonds. The molecule has 1 saturated carbocycles. The first-order valence-corrected chi connectivity index (χ1v) is 6.84. The minimum Gasteiger partial charge on any atom is -0.506 e. The van der Waals surface area contributed by atoms with E-state index in [2.05, 4.69) is 18.9 Å². The van der Waals surface area contributed by atoms with E-state index in [1.807, 2.05) is 12.1 Å². The molecular weight excluding hydrogens is 224 g/mol. The molecule has 0 heterocycles. The number of rotatable bonds is 3. The zero-order chi connectivity index (χ0) is 13.1. The number of aromatic hydroxyl groups is 1. The molecule has 1 aliphatic carbocycles. The van der Waals surface area contributed by atoms with E-state index in [0.29, 0.717) is 11.7 Å². The molecule has 1 aromatic carbocycles. The van der Waals surface area contributed by atoms with E-state index in [-0.39, 0.29) is 5.75 Å². The van der Waals surface area contributed by atoms with Gasteiger partial charge in [-0.15, -0.1) is 0 Å². The summed E-state index contributed by atoms with van der Waals surface area (Å²) < 4.78 is 0. The summed E-state index contributed by atoms with van der Waals surface area (Å²) in [6, 6.07) is 6.19. The van der Waals surface area contributed by atoms with Crippen molar-refractivity contribution in [3.8, 4) is 5.75 Å². The number of hydrogen-bond donors (Lipinski definition) is 2. The fourth-order valence-corrected chi connectivity index (χ4v) is 2.92. The summed E-state index contributed by atoms with van der Waals surface area (Å²) in [7, 11) is 2.19. The predicted molar refractivity (Wildman–Crippen MR) is 75.4 cm³/mol. The average Bonchev–Trinajstić information content (AvgIpc) is 2.34. The van der Waals surface area contributed by atoms with Crippen LogP contribution in [0.25, 0.3) is 0 Å². The third kappa shape index (κ3) is 3.16. The zero-order valence-corrected chi connectivity index (χ0v) is 11.4. The number of nitrogen functional groups attached to an aromatic ring is 1. The van der Waals surface area contributed by atoms with Crippen molar-refractivity contribution in [3.63, 3.8) is 0 Å². The quantitative estimate of drug-likeness (QED) is 0.638. The van der Waals surface area contributed by atoms with Crippen LogP contribution in [0.1, 0.15) is 38.2 Å². The summed E-state index contributed by atoms with van der Waals surface area (Å²) in [5, 5.41) is 9.42. The molecule has 3 N–H and O–H groups in total. The molecule has 0 bridgehead atoms. The minimum atomic E-state index is 0.174. The van der Waals surface area contributed by atoms with E-state index >= 15 is 0 Å². The molecule has 0 spiro atoms. The van der Waals surface area contributed by atoms with Gasteiger partial charge in [0.25, 0.3) is 0 Å². The van der Waals surface area contributed by atoms with Gasteiger partial charge in [-0.25, -0.2) is 0 Å². The van der Waals surface area contributed by atoms with Gasteiger partial charge in [-0.05, 0) is 43.5 Å². The highest BCUT2D eigenvalue weighted by atomic mass is 16.3. The molecule has 1 aliphatic rings. The van der Waals surface area contributed by atoms with Crippen molar-refractivity contribution >= 4 is 5.69 Å². The van der Waals surface area contributed by atoms with Gasteiger partial charge in [0.15, 0.2) is 0 Å². The number of anilines is 1. The number of benzene rings is 1. The van der Waals surface area contributed by atoms with E-state index < -0.39 is 0 Å². The van der Waals surface area contributed by atoms with Crippen LogP contribution in [0.3, 0.4) is 0 Å². The predicted octanol–water partition coefficient (Wildman–Crippen LogP) is 2.98. The first-order valence-electron chi connectivity index (χ1n) is 6.84. The van der Waals surface area contributed by atoms with Crippen molar-refractivity contribution < 1.29 is 5.11 Å². The second-order valence-electron chi connectivity index (χ2n) is 5.73. The summed E-state index contributed by atoms with van der Waals surface area (Å²) in [6.07, 6.45) is 5.31. The lowest BCUT2D eigenvalue weighted by Gasteiger charge is -2.34. The molecular formula is C15H24N2O. The summed E-state index contributed by atoms with van der Waals surface area (Å²) in [5.41, 5.74) is 7.37. The van der Waals surface area contributed by atoms with Crippen LogP contribution in [0.15, 0.2) is 18.2 Å². The van der Waals surface area contributed by atoms with E-state index in [1.165, 1.54) is 31.2 Å². The molecule has 1 aromatic rings. The topological polar surface area (TPSA) is 49.5 Å². The van der Waals surface area contributed by atoms with Gasteiger partial charge in [0.2, 0.25) is 0 Å². The monoisotopic (exact) mass is 248 g/mol. The number of hydrogen-bond acceptors (Lipinski definition) is 3. The van der Waals surface area contributed by atoms with Gasteiger partial charge < -0.3 is 10.8 Å². The van der Waals surface area contributed by atoms with Gasteiger partial charge in [0, 0.05) is 12.6 Å². The summed E-state index contributed by atoms with van der Waals surface area (Å²) in [4.78, 5) is 2.42. The second-order valence-corrected chi connectivity index (χ2v) is 5.73. The van der Waals surface area contributed by atoms with Crippen molar-refractivity contribution in [3.05, 3.63) is 23.8 Å². The lowest BCUT2D eigenvalue weighted by Crippen LogP contribution is -2.35. The number of nitrogens with two attached hydrogens (primary N) is 1. The Morgan fingerprint density at radius 3 is 2.83 bits per heavy atom. The fraction of sp³-hybridized carbons (Fsp3) is 0.600. The van der Waals surface area contributed by atoms with Crippen LogP contribution in [0.5, 0.6) is 5.75 Å². The molecule has 0 saturated heterocycles. The maximum atomic E-state index is 9.42. The van der Waals surface area contributed by atoms with E-state index in [9.17, 15) is 5.11 Å². The third-order valence-electron chi connectivity index (χ3n) is 4.06. The van der Waals surface area contributed by atoms with Crippen molar-refractivity contribution in [1.82, 2.24) is 4.90 Å². The molecule has 3 nitrogen and oxygen atoms in total. The van der Waals surface area contributed by atoms with Gasteiger partial charge in [0.05, 0.1) is 5.69 Å². The van der Waals surface area contributed by atoms with Gasteiger partial charge >= 0.3 is 0 Å². The smallest absolute Gasteiger partial charge is 0.138 e. The number of phenols is 1. The number of nitrogens with zero attached hydrogens (tertiary/aromatic N) is 1. The van der Waals surface area contributed by atoms with Crippen molar-refractivity contribution in [2.75, 3.05) is 12.8 Å². The summed E-state index contributed by atoms with van der Waals surface area (Å²) in [5.74, 6) is 1.02. The lowest BCUT2D eigenvalue weighted by molar-refractivity contribution is 0.158. The Labute approximate surface area is 110 Å². The normalized spacial score (nSPS) is 24.4. The highest BCUT2D eigenvalue weighted by Gasteiger charge is 2.22. The second kappa shape index (κ2) is 5.61. The Hall–Kier alpha value is -1.22.